The van der Waals surface area contributed by atoms with Crippen molar-refractivity contribution in [3.05, 3.63) is 23.8 Å². The molecule has 1 aromatic carbocycles. The molecular formula is C14H23N3OS. The van der Waals surface area contributed by atoms with Gasteiger partial charge in [-0.3, -0.25) is 5.41 Å². The molecule has 0 aromatic heterocycles. The summed E-state index contributed by atoms with van der Waals surface area (Å²) in [6.45, 7) is 2.17. The fourth-order valence-electron chi connectivity index (χ4n) is 2.05. The first-order valence-electron chi connectivity index (χ1n) is 6.29. The lowest BCUT2D eigenvalue weighted by Crippen LogP contribution is -2.34. The topological polar surface area (TPSA) is 62.3 Å². The van der Waals surface area contributed by atoms with Crippen LogP contribution in [0.3, 0.4) is 0 Å². The SMILES string of the molecule is CCC(CSC)N(C)c1cc(OC)ccc1C(=N)N. The lowest BCUT2D eigenvalue weighted by molar-refractivity contribution is 0.414. The van der Waals surface area contributed by atoms with Crippen molar-refractivity contribution in [1.29, 1.82) is 5.41 Å². The van der Waals surface area contributed by atoms with Crippen molar-refractivity contribution in [1.82, 2.24) is 0 Å². The second-order valence-electron chi connectivity index (χ2n) is 4.43. The summed E-state index contributed by atoms with van der Waals surface area (Å²) in [6, 6.07) is 6.04. The quantitative estimate of drug-likeness (QED) is 0.595. The lowest BCUT2D eigenvalue weighted by atomic mass is 10.1. The minimum Gasteiger partial charge on any atom is -0.497 e. The summed E-state index contributed by atoms with van der Waals surface area (Å²) in [5, 5.41) is 7.70. The number of anilines is 1. The molecule has 0 heterocycles. The Morgan fingerprint density at radius 2 is 2.21 bits per heavy atom. The van der Waals surface area contributed by atoms with Crippen LogP contribution < -0.4 is 15.4 Å². The van der Waals surface area contributed by atoms with Gasteiger partial charge in [-0.1, -0.05) is 6.92 Å². The molecule has 0 aliphatic heterocycles. The maximum Gasteiger partial charge on any atom is 0.124 e. The Balaban J connectivity index is 3.17. The van der Waals surface area contributed by atoms with Crippen molar-refractivity contribution in [2.45, 2.75) is 19.4 Å². The number of benzene rings is 1. The number of amidine groups is 1. The van der Waals surface area contributed by atoms with Crippen LogP contribution in [0, 0.1) is 5.41 Å². The molecule has 0 spiro atoms. The van der Waals surface area contributed by atoms with Crippen LogP contribution in [-0.2, 0) is 0 Å². The van der Waals surface area contributed by atoms with Gasteiger partial charge in [0.2, 0.25) is 0 Å². The first-order chi connectivity index (χ1) is 9.04. The molecule has 0 aliphatic rings. The zero-order chi connectivity index (χ0) is 14.4. The Labute approximate surface area is 119 Å². The van der Waals surface area contributed by atoms with Gasteiger partial charge in [0.05, 0.1) is 12.8 Å². The monoisotopic (exact) mass is 281 g/mol. The fourth-order valence-corrected chi connectivity index (χ4v) is 2.89. The number of thioether (sulfide) groups is 1. The van der Waals surface area contributed by atoms with Gasteiger partial charge < -0.3 is 15.4 Å². The van der Waals surface area contributed by atoms with E-state index in [4.69, 9.17) is 15.9 Å². The summed E-state index contributed by atoms with van der Waals surface area (Å²) in [7, 11) is 3.69. The summed E-state index contributed by atoms with van der Waals surface area (Å²) < 4.78 is 5.27. The van der Waals surface area contributed by atoms with Gasteiger partial charge >= 0.3 is 0 Å². The molecule has 0 aliphatic carbocycles. The number of methoxy groups -OCH3 is 1. The second-order valence-corrected chi connectivity index (χ2v) is 5.34. The number of nitrogens with one attached hydrogen (secondary N) is 1. The summed E-state index contributed by atoms with van der Waals surface area (Å²) in [4.78, 5) is 2.19. The first-order valence-corrected chi connectivity index (χ1v) is 7.68. The van der Waals surface area contributed by atoms with Gasteiger partial charge in [-0.2, -0.15) is 11.8 Å². The predicted molar refractivity (Wildman–Crippen MR) is 84.9 cm³/mol. The third-order valence-electron chi connectivity index (χ3n) is 3.25. The normalized spacial score (nSPS) is 12.0. The average Bonchev–Trinajstić information content (AvgIpc) is 2.43. The van der Waals surface area contributed by atoms with Crippen LogP contribution in [0.4, 0.5) is 5.69 Å². The molecule has 4 nitrogen and oxygen atoms in total. The van der Waals surface area contributed by atoms with Crippen LogP contribution in [0.5, 0.6) is 5.75 Å². The van der Waals surface area contributed by atoms with E-state index in [0.717, 1.165) is 29.2 Å². The van der Waals surface area contributed by atoms with Crippen LogP contribution in [0.15, 0.2) is 18.2 Å². The van der Waals surface area contributed by atoms with Crippen LogP contribution >= 0.6 is 11.8 Å². The molecular weight excluding hydrogens is 258 g/mol. The molecule has 0 saturated heterocycles. The molecule has 106 valence electrons. The lowest BCUT2D eigenvalue weighted by Gasteiger charge is -2.30. The highest BCUT2D eigenvalue weighted by atomic mass is 32.2. The van der Waals surface area contributed by atoms with Gasteiger partial charge in [-0.25, -0.2) is 0 Å². The Morgan fingerprint density at radius 3 is 2.68 bits per heavy atom. The van der Waals surface area contributed by atoms with Crippen molar-refractivity contribution in [2.75, 3.05) is 31.1 Å². The maximum atomic E-state index is 7.70. The molecule has 3 N–H and O–H groups in total. The van der Waals surface area contributed by atoms with Crippen LogP contribution in [0.2, 0.25) is 0 Å². The Bertz CT molecular complexity index is 437. The van der Waals surface area contributed by atoms with Gasteiger partial charge in [0, 0.05) is 30.5 Å². The van der Waals surface area contributed by atoms with E-state index in [1.54, 1.807) is 7.11 Å². The molecule has 0 amide bonds. The minimum absolute atomic E-state index is 0.0866. The zero-order valence-corrected chi connectivity index (χ0v) is 12.9. The number of nitrogens with two attached hydrogens (primary N) is 1. The molecule has 5 heteroatoms. The molecule has 1 atom stereocenters. The highest BCUT2D eigenvalue weighted by molar-refractivity contribution is 7.98. The zero-order valence-electron chi connectivity index (χ0n) is 12.1. The molecule has 0 saturated carbocycles. The van der Waals surface area contributed by atoms with E-state index in [9.17, 15) is 0 Å². The van der Waals surface area contributed by atoms with Crippen molar-refractivity contribution in [3.63, 3.8) is 0 Å². The van der Waals surface area contributed by atoms with E-state index in [-0.39, 0.29) is 5.84 Å². The number of nitrogens with zero attached hydrogens (tertiary/aromatic N) is 1. The van der Waals surface area contributed by atoms with Gasteiger partial charge in [0.1, 0.15) is 11.6 Å². The predicted octanol–water partition coefficient (Wildman–Crippen LogP) is 2.56. The Morgan fingerprint density at radius 1 is 1.53 bits per heavy atom. The third kappa shape index (κ3) is 3.80. The second kappa shape index (κ2) is 7.28. The summed E-state index contributed by atoms with van der Waals surface area (Å²) >= 11 is 1.82. The average molecular weight is 281 g/mol. The molecule has 1 rings (SSSR count). The van der Waals surface area contributed by atoms with Gasteiger partial charge in [-0.05, 0) is 24.8 Å². The summed E-state index contributed by atoms with van der Waals surface area (Å²) in [5.74, 6) is 1.91. The smallest absolute Gasteiger partial charge is 0.124 e. The highest BCUT2D eigenvalue weighted by Crippen LogP contribution is 2.27. The standard InChI is InChI=1S/C14H23N3OS/c1-5-10(9-19-4)17(2)13-8-11(18-3)6-7-12(13)14(15)16/h6-8,10H,5,9H2,1-4H3,(H3,15,16). The van der Waals surface area contributed by atoms with E-state index < -0.39 is 0 Å². The maximum absolute atomic E-state index is 7.70. The largest absolute Gasteiger partial charge is 0.497 e. The molecule has 1 aromatic rings. The number of hydrogen-bond acceptors (Lipinski definition) is 4. The fraction of sp³-hybridized carbons (Fsp3) is 0.500. The van der Waals surface area contributed by atoms with Crippen LogP contribution in [-0.4, -0.2) is 38.0 Å². The van der Waals surface area contributed by atoms with Crippen molar-refractivity contribution in [2.24, 2.45) is 5.73 Å². The third-order valence-corrected chi connectivity index (χ3v) is 3.97. The van der Waals surface area contributed by atoms with E-state index in [0.29, 0.717) is 6.04 Å². The number of nitrogen functional groups attached to an aromatic ring is 1. The van der Waals surface area contributed by atoms with Crippen LogP contribution in [0.25, 0.3) is 0 Å². The first kappa shape index (κ1) is 15.7. The van der Waals surface area contributed by atoms with Gasteiger partial charge in [-0.15, -0.1) is 0 Å². The van der Waals surface area contributed by atoms with Gasteiger partial charge in [0.15, 0.2) is 0 Å². The van der Waals surface area contributed by atoms with E-state index in [2.05, 4.69) is 18.1 Å². The Hall–Kier alpha value is -1.36. The molecule has 1 unspecified atom stereocenters. The summed E-state index contributed by atoms with van der Waals surface area (Å²) in [5.41, 5.74) is 7.37. The summed E-state index contributed by atoms with van der Waals surface area (Å²) in [6.07, 6.45) is 3.15. The van der Waals surface area contributed by atoms with Crippen LogP contribution in [0.1, 0.15) is 18.9 Å². The van der Waals surface area contributed by atoms with Crippen molar-refractivity contribution >= 4 is 23.3 Å². The number of ether oxygens (including phenoxy) is 1. The van der Waals surface area contributed by atoms with Gasteiger partial charge in [0.25, 0.3) is 0 Å². The molecule has 0 bridgehead atoms. The molecule has 19 heavy (non-hydrogen) atoms. The highest BCUT2D eigenvalue weighted by Gasteiger charge is 2.17. The van der Waals surface area contributed by atoms with Crippen molar-refractivity contribution in [3.8, 4) is 5.75 Å². The molecule has 0 fully saturated rings. The number of hydrogen-bond donors (Lipinski definition) is 2. The van der Waals surface area contributed by atoms with E-state index in [1.807, 2.05) is 37.0 Å². The minimum atomic E-state index is 0.0866. The molecule has 0 radical (unpaired) electrons. The van der Waals surface area contributed by atoms with E-state index >= 15 is 0 Å². The van der Waals surface area contributed by atoms with Crippen molar-refractivity contribution < 1.29 is 4.74 Å². The number of rotatable bonds is 7. The van der Waals surface area contributed by atoms with E-state index in [1.165, 1.54) is 0 Å². The Kier molecular flexibility index (Phi) is 6.02.